The minimum Gasteiger partial charge on any atom is -0.323 e. The maximum absolute atomic E-state index is 6.59. The van der Waals surface area contributed by atoms with Crippen molar-refractivity contribution in [1.29, 1.82) is 0 Å². The highest BCUT2D eigenvalue weighted by molar-refractivity contribution is 5.58. The van der Waals surface area contributed by atoms with Gasteiger partial charge in [0.15, 0.2) is 0 Å². The van der Waals surface area contributed by atoms with Gasteiger partial charge >= 0.3 is 0 Å². The Balaban J connectivity index is 1.73. The molecule has 1 aliphatic carbocycles. The number of piperidine rings is 1. The average molecular weight is 270 g/mol. The van der Waals surface area contributed by atoms with Gasteiger partial charge < -0.3 is 11.1 Å². The van der Waals surface area contributed by atoms with Crippen LogP contribution >= 0.6 is 0 Å². The van der Waals surface area contributed by atoms with Crippen LogP contribution in [0.4, 0.5) is 0 Å². The fourth-order valence-corrected chi connectivity index (χ4v) is 3.70. The van der Waals surface area contributed by atoms with Crippen molar-refractivity contribution in [2.45, 2.75) is 25.3 Å². The van der Waals surface area contributed by atoms with Crippen molar-refractivity contribution in [2.75, 3.05) is 13.1 Å². The van der Waals surface area contributed by atoms with Crippen LogP contribution < -0.4 is 11.1 Å². The first-order valence-corrected chi connectivity index (χ1v) is 7.11. The predicted molar refractivity (Wildman–Crippen MR) is 74.8 cm³/mol. The van der Waals surface area contributed by atoms with E-state index in [1.165, 1.54) is 11.1 Å². The molecular weight excluding hydrogens is 252 g/mol. The van der Waals surface area contributed by atoms with E-state index >= 15 is 0 Å². The molecule has 1 fully saturated rings. The van der Waals surface area contributed by atoms with Crippen molar-refractivity contribution in [2.24, 2.45) is 11.1 Å². The van der Waals surface area contributed by atoms with Crippen molar-refractivity contribution in [3.8, 4) is 11.4 Å². The summed E-state index contributed by atoms with van der Waals surface area (Å²) in [6, 6.07) is 6.50. The zero-order valence-corrected chi connectivity index (χ0v) is 11.3. The normalized spacial score (nSPS) is 23.9. The number of nitrogens with two attached hydrogens (primary N) is 1. The van der Waals surface area contributed by atoms with E-state index in [1.54, 1.807) is 0 Å². The van der Waals surface area contributed by atoms with Gasteiger partial charge in [-0.25, -0.2) is 0 Å². The summed E-state index contributed by atoms with van der Waals surface area (Å²) in [4.78, 5) is 0. The Morgan fingerprint density at radius 2 is 2.10 bits per heavy atom. The van der Waals surface area contributed by atoms with Crippen LogP contribution in [-0.4, -0.2) is 33.7 Å². The molecule has 1 aromatic carbocycles. The summed E-state index contributed by atoms with van der Waals surface area (Å²) >= 11 is 0. The fourth-order valence-electron chi connectivity index (χ4n) is 3.70. The van der Waals surface area contributed by atoms with Gasteiger partial charge in [0.25, 0.3) is 0 Å². The molecule has 2 aliphatic rings. The Kier molecular flexibility index (Phi) is 2.61. The smallest absolute Gasteiger partial charge is 0.204 e. The first-order valence-electron chi connectivity index (χ1n) is 7.11. The number of rotatable bonds is 1. The molecule has 0 amide bonds. The number of benzene rings is 1. The van der Waals surface area contributed by atoms with Crippen LogP contribution in [0, 0.1) is 5.41 Å². The molecule has 1 aliphatic heterocycles. The molecule has 1 spiro atoms. The van der Waals surface area contributed by atoms with E-state index in [-0.39, 0.29) is 11.5 Å². The van der Waals surface area contributed by atoms with Gasteiger partial charge in [-0.15, -0.1) is 10.2 Å². The highest BCUT2D eigenvalue weighted by atomic mass is 15.5. The zero-order valence-electron chi connectivity index (χ0n) is 11.3. The molecule has 104 valence electrons. The van der Waals surface area contributed by atoms with E-state index in [2.05, 4.69) is 44.1 Å². The Bertz CT molecular complexity index is 615. The Labute approximate surface area is 117 Å². The maximum atomic E-state index is 6.59. The summed E-state index contributed by atoms with van der Waals surface area (Å²) in [5.74, 6) is 0.631. The third kappa shape index (κ3) is 1.68. The molecule has 1 aromatic heterocycles. The molecule has 2 aromatic rings. The number of aromatic amines is 1. The lowest BCUT2D eigenvalue weighted by atomic mass is 9.73. The zero-order chi connectivity index (χ0) is 13.6. The Morgan fingerprint density at radius 1 is 1.25 bits per heavy atom. The second-order valence-electron chi connectivity index (χ2n) is 5.92. The van der Waals surface area contributed by atoms with Gasteiger partial charge in [0.1, 0.15) is 0 Å². The van der Waals surface area contributed by atoms with Crippen LogP contribution in [0.3, 0.4) is 0 Å². The maximum Gasteiger partial charge on any atom is 0.204 e. The van der Waals surface area contributed by atoms with Gasteiger partial charge in [0, 0.05) is 11.6 Å². The van der Waals surface area contributed by atoms with Crippen LogP contribution in [0.1, 0.15) is 30.0 Å². The van der Waals surface area contributed by atoms with Crippen LogP contribution in [0.5, 0.6) is 0 Å². The minimum atomic E-state index is 0.117. The molecule has 4 rings (SSSR count). The lowest BCUT2D eigenvalue weighted by Gasteiger charge is -2.37. The second kappa shape index (κ2) is 4.36. The number of nitrogens with zero attached hydrogens (tertiary/aromatic N) is 3. The first kappa shape index (κ1) is 12.0. The Hall–Kier alpha value is -1.79. The van der Waals surface area contributed by atoms with Crippen LogP contribution in [0.2, 0.25) is 0 Å². The second-order valence-corrected chi connectivity index (χ2v) is 5.92. The van der Waals surface area contributed by atoms with Crippen LogP contribution in [0.15, 0.2) is 18.2 Å². The molecular formula is C14H18N6. The first-order chi connectivity index (χ1) is 9.78. The van der Waals surface area contributed by atoms with Gasteiger partial charge in [0.05, 0.1) is 0 Å². The largest absolute Gasteiger partial charge is 0.323 e. The van der Waals surface area contributed by atoms with Crippen molar-refractivity contribution >= 4 is 0 Å². The molecule has 0 bridgehead atoms. The molecule has 2 heterocycles. The van der Waals surface area contributed by atoms with Gasteiger partial charge in [-0.3, -0.25) is 0 Å². The molecule has 0 saturated carbocycles. The fraction of sp³-hybridized carbons (Fsp3) is 0.500. The number of nitrogens with one attached hydrogen (secondary N) is 2. The van der Waals surface area contributed by atoms with Crippen LogP contribution in [-0.2, 0) is 6.42 Å². The molecule has 6 nitrogen and oxygen atoms in total. The lowest BCUT2D eigenvalue weighted by molar-refractivity contribution is 0.174. The quantitative estimate of drug-likeness (QED) is 0.712. The topological polar surface area (TPSA) is 92.5 Å². The average Bonchev–Trinajstić information content (AvgIpc) is 3.09. The molecule has 20 heavy (non-hydrogen) atoms. The number of hydrogen-bond donors (Lipinski definition) is 3. The number of tetrazole rings is 1. The number of fused-ring (bicyclic) bond motifs is 1. The van der Waals surface area contributed by atoms with Crippen molar-refractivity contribution in [3.63, 3.8) is 0 Å². The minimum absolute atomic E-state index is 0.117. The summed E-state index contributed by atoms with van der Waals surface area (Å²) in [5, 5.41) is 17.6. The van der Waals surface area contributed by atoms with Gasteiger partial charge in [-0.2, -0.15) is 5.21 Å². The van der Waals surface area contributed by atoms with E-state index in [9.17, 15) is 0 Å². The van der Waals surface area contributed by atoms with Gasteiger partial charge in [-0.1, -0.05) is 12.1 Å². The number of H-pyrrole nitrogens is 1. The summed E-state index contributed by atoms with van der Waals surface area (Å²) in [6.07, 6.45) is 3.40. The van der Waals surface area contributed by atoms with E-state index in [1.807, 2.05) is 0 Å². The summed E-state index contributed by atoms with van der Waals surface area (Å²) in [7, 11) is 0. The molecule has 4 N–H and O–H groups in total. The van der Waals surface area contributed by atoms with Crippen molar-refractivity contribution in [1.82, 2.24) is 25.9 Å². The SMILES string of the molecule is NC1c2cc(-c3nn[nH]n3)ccc2CC12CCNCC2. The van der Waals surface area contributed by atoms with Gasteiger partial charge in [-0.05, 0) is 60.2 Å². The predicted octanol–water partition coefficient (Wildman–Crippen LogP) is 0.792. The van der Waals surface area contributed by atoms with E-state index in [4.69, 9.17) is 5.73 Å². The Morgan fingerprint density at radius 3 is 2.85 bits per heavy atom. The third-order valence-corrected chi connectivity index (χ3v) is 4.89. The molecule has 1 saturated heterocycles. The molecule has 6 heteroatoms. The summed E-state index contributed by atoms with van der Waals surface area (Å²) in [5.41, 5.74) is 10.5. The molecule has 0 radical (unpaired) electrons. The highest BCUT2D eigenvalue weighted by Gasteiger charge is 2.44. The number of aromatic nitrogens is 4. The summed E-state index contributed by atoms with van der Waals surface area (Å²) < 4.78 is 0. The van der Waals surface area contributed by atoms with E-state index < -0.39 is 0 Å². The summed E-state index contributed by atoms with van der Waals surface area (Å²) in [6.45, 7) is 2.14. The lowest BCUT2D eigenvalue weighted by Crippen LogP contribution is -2.42. The van der Waals surface area contributed by atoms with Crippen LogP contribution in [0.25, 0.3) is 11.4 Å². The monoisotopic (exact) mass is 270 g/mol. The highest BCUT2D eigenvalue weighted by Crippen LogP contribution is 2.50. The number of hydrogen-bond acceptors (Lipinski definition) is 5. The van der Waals surface area contributed by atoms with Crippen molar-refractivity contribution < 1.29 is 0 Å². The third-order valence-electron chi connectivity index (χ3n) is 4.89. The molecule has 1 atom stereocenters. The van der Waals surface area contributed by atoms with Gasteiger partial charge in [0.2, 0.25) is 5.82 Å². The standard InChI is InChI=1S/C14H18N6/c15-12-11-7-9(13-17-19-20-18-13)1-2-10(11)8-14(12)3-5-16-6-4-14/h1-2,7,12,16H,3-6,8,15H2,(H,17,18,19,20). The van der Waals surface area contributed by atoms with Crippen molar-refractivity contribution in [3.05, 3.63) is 29.3 Å². The molecule has 1 unspecified atom stereocenters. The van der Waals surface area contributed by atoms with E-state index in [0.717, 1.165) is 37.9 Å². The van der Waals surface area contributed by atoms with E-state index in [0.29, 0.717) is 5.82 Å².